The quantitative estimate of drug-likeness (QED) is 0.897. The van der Waals surface area contributed by atoms with Crippen LogP contribution in [0.2, 0.25) is 0 Å². The molecular weight excluding hydrogens is 266 g/mol. The van der Waals surface area contributed by atoms with Gasteiger partial charge < -0.3 is 10.2 Å². The molecule has 1 N–H and O–H groups in total. The summed E-state index contributed by atoms with van der Waals surface area (Å²) in [6, 6.07) is 6.07. The van der Waals surface area contributed by atoms with Crippen molar-refractivity contribution < 1.29 is 4.79 Å². The minimum atomic E-state index is -0.0239. The molecule has 1 aliphatic rings. The van der Waals surface area contributed by atoms with Crippen LogP contribution in [0.1, 0.15) is 24.3 Å². The second-order valence-corrected chi connectivity index (χ2v) is 5.53. The van der Waals surface area contributed by atoms with Gasteiger partial charge in [-0.25, -0.2) is 4.68 Å². The van der Waals surface area contributed by atoms with Crippen molar-refractivity contribution in [2.45, 2.75) is 25.9 Å². The van der Waals surface area contributed by atoms with Gasteiger partial charge in [0, 0.05) is 43.8 Å². The molecule has 21 heavy (non-hydrogen) atoms. The van der Waals surface area contributed by atoms with E-state index in [0.717, 1.165) is 5.69 Å². The largest absolute Gasteiger partial charge is 0.334 e. The Hall–Kier alpha value is -2.21. The average molecular weight is 285 g/mol. The first-order valence-electron chi connectivity index (χ1n) is 7.15. The van der Waals surface area contributed by atoms with E-state index < -0.39 is 0 Å². The van der Waals surface area contributed by atoms with Crippen molar-refractivity contribution in [3.8, 4) is 5.69 Å². The van der Waals surface area contributed by atoms with Crippen molar-refractivity contribution in [1.29, 1.82) is 0 Å². The van der Waals surface area contributed by atoms with Gasteiger partial charge in [-0.05, 0) is 32.0 Å². The van der Waals surface area contributed by atoms with Crippen LogP contribution in [0.15, 0.2) is 36.8 Å². The lowest BCUT2D eigenvalue weighted by atomic mass is 10.1. The number of hydrogen-bond acceptors (Lipinski definition) is 4. The number of carbonyl (C=O) groups is 1. The van der Waals surface area contributed by atoms with Crippen LogP contribution < -0.4 is 5.32 Å². The number of nitrogens with zero attached hydrogens (tertiary/aromatic N) is 4. The number of rotatable bonds is 2. The van der Waals surface area contributed by atoms with Crippen LogP contribution in [0.25, 0.3) is 5.69 Å². The predicted octanol–water partition coefficient (Wildman–Crippen LogP) is 1.09. The molecule has 3 heterocycles. The first-order chi connectivity index (χ1) is 10.1. The van der Waals surface area contributed by atoms with Crippen molar-refractivity contribution in [3.63, 3.8) is 0 Å². The summed E-state index contributed by atoms with van der Waals surface area (Å²) in [6.07, 6.45) is 5.21. The van der Waals surface area contributed by atoms with E-state index in [1.807, 2.05) is 23.2 Å². The smallest absolute Gasteiger partial charge is 0.272 e. The number of amides is 1. The maximum atomic E-state index is 12.6. The van der Waals surface area contributed by atoms with Gasteiger partial charge in [-0.1, -0.05) is 0 Å². The molecule has 0 bridgehead atoms. The lowest BCUT2D eigenvalue weighted by Crippen LogP contribution is -2.55. The molecule has 0 spiro atoms. The Morgan fingerprint density at radius 3 is 2.71 bits per heavy atom. The number of pyridine rings is 1. The van der Waals surface area contributed by atoms with Gasteiger partial charge in [-0.2, -0.15) is 5.10 Å². The summed E-state index contributed by atoms with van der Waals surface area (Å²) in [4.78, 5) is 18.7. The number of aromatic nitrogens is 3. The third kappa shape index (κ3) is 2.95. The van der Waals surface area contributed by atoms with Gasteiger partial charge in [0.05, 0.1) is 5.69 Å². The Kier molecular flexibility index (Phi) is 3.70. The topological polar surface area (TPSA) is 63.1 Å². The maximum Gasteiger partial charge on any atom is 0.272 e. The van der Waals surface area contributed by atoms with Gasteiger partial charge in [0.2, 0.25) is 0 Å². The second-order valence-electron chi connectivity index (χ2n) is 5.53. The van der Waals surface area contributed by atoms with E-state index in [4.69, 9.17) is 0 Å². The van der Waals surface area contributed by atoms with Crippen LogP contribution in [0.4, 0.5) is 0 Å². The monoisotopic (exact) mass is 285 g/mol. The standard InChI is InChI=1S/C15H19N5O/c1-11-9-19(10-12(2)18-11)15(21)14-8-13(4-6-16-14)20-7-3-5-17-20/h3-8,11-12,18H,9-10H2,1-2H3. The van der Waals surface area contributed by atoms with E-state index in [2.05, 4.69) is 29.2 Å². The van der Waals surface area contributed by atoms with E-state index in [1.165, 1.54) is 0 Å². The minimum absolute atomic E-state index is 0.0239. The van der Waals surface area contributed by atoms with Crippen molar-refractivity contribution in [3.05, 3.63) is 42.5 Å². The summed E-state index contributed by atoms with van der Waals surface area (Å²) in [7, 11) is 0. The van der Waals surface area contributed by atoms with Crippen LogP contribution in [0, 0.1) is 0 Å². The van der Waals surface area contributed by atoms with Gasteiger partial charge in [0.1, 0.15) is 5.69 Å². The molecule has 110 valence electrons. The van der Waals surface area contributed by atoms with Gasteiger partial charge in [-0.3, -0.25) is 9.78 Å². The summed E-state index contributed by atoms with van der Waals surface area (Å²) in [5.41, 5.74) is 1.30. The molecule has 0 saturated carbocycles. The summed E-state index contributed by atoms with van der Waals surface area (Å²) >= 11 is 0. The molecule has 6 heteroatoms. The minimum Gasteiger partial charge on any atom is -0.334 e. The summed E-state index contributed by atoms with van der Waals surface area (Å²) < 4.78 is 1.72. The normalized spacial score (nSPS) is 22.3. The van der Waals surface area contributed by atoms with Crippen LogP contribution >= 0.6 is 0 Å². The molecule has 2 aromatic rings. The highest BCUT2D eigenvalue weighted by molar-refractivity contribution is 5.92. The molecule has 3 rings (SSSR count). The number of hydrogen-bond donors (Lipinski definition) is 1. The van der Waals surface area contributed by atoms with E-state index in [-0.39, 0.29) is 5.91 Å². The highest BCUT2D eigenvalue weighted by atomic mass is 16.2. The van der Waals surface area contributed by atoms with E-state index in [9.17, 15) is 4.79 Å². The van der Waals surface area contributed by atoms with E-state index in [1.54, 1.807) is 23.1 Å². The van der Waals surface area contributed by atoms with Gasteiger partial charge in [-0.15, -0.1) is 0 Å². The molecule has 2 aromatic heterocycles. The fourth-order valence-electron chi connectivity index (χ4n) is 2.76. The van der Waals surface area contributed by atoms with Crippen molar-refractivity contribution in [2.75, 3.05) is 13.1 Å². The highest BCUT2D eigenvalue weighted by Crippen LogP contribution is 2.12. The van der Waals surface area contributed by atoms with Crippen LogP contribution in [0.5, 0.6) is 0 Å². The third-order valence-corrected chi connectivity index (χ3v) is 3.58. The fourth-order valence-corrected chi connectivity index (χ4v) is 2.76. The molecule has 1 fully saturated rings. The third-order valence-electron chi connectivity index (χ3n) is 3.58. The van der Waals surface area contributed by atoms with E-state index >= 15 is 0 Å². The van der Waals surface area contributed by atoms with Gasteiger partial charge >= 0.3 is 0 Å². The number of piperazine rings is 1. The molecule has 0 radical (unpaired) electrons. The Bertz CT molecular complexity index is 615. The summed E-state index contributed by atoms with van der Waals surface area (Å²) in [5, 5.41) is 7.60. The van der Waals surface area contributed by atoms with E-state index in [0.29, 0.717) is 30.9 Å². The molecule has 2 atom stereocenters. The van der Waals surface area contributed by atoms with Crippen LogP contribution in [-0.4, -0.2) is 50.7 Å². The highest BCUT2D eigenvalue weighted by Gasteiger charge is 2.26. The molecule has 1 aliphatic heterocycles. The lowest BCUT2D eigenvalue weighted by Gasteiger charge is -2.36. The molecular formula is C15H19N5O. The summed E-state index contributed by atoms with van der Waals surface area (Å²) in [6.45, 7) is 5.58. The lowest BCUT2D eigenvalue weighted by molar-refractivity contribution is 0.0668. The number of nitrogens with one attached hydrogen (secondary N) is 1. The molecule has 0 aliphatic carbocycles. The van der Waals surface area contributed by atoms with Crippen LogP contribution in [0.3, 0.4) is 0 Å². The van der Waals surface area contributed by atoms with Crippen molar-refractivity contribution in [1.82, 2.24) is 25.0 Å². The van der Waals surface area contributed by atoms with Gasteiger partial charge in [0.15, 0.2) is 0 Å². The SMILES string of the molecule is CC1CN(C(=O)c2cc(-n3cccn3)ccn2)CC(C)N1. The Morgan fingerprint density at radius 1 is 1.29 bits per heavy atom. The molecule has 6 nitrogen and oxygen atoms in total. The Balaban J connectivity index is 1.83. The zero-order valence-corrected chi connectivity index (χ0v) is 12.2. The molecule has 1 amide bonds. The first-order valence-corrected chi connectivity index (χ1v) is 7.15. The fraction of sp³-hybridized carbons (Fsp3) is 0.400. The van der Waals surface area contributed by atoms with Crippen LogP contribution in [-0.2, 0) is 0 Å². The average Bonchev–Trinajstić information content (AvgIpc) is 3.00. The Morgan fingerprint density at radius 2 is 2.05 bits per heavy atom. The van der Waals surface area contributed by atoms with Crippen molar-refractivity contribution >= 4 is 5.91 Å². The number of carbonyl (C=O) groups excluding carboxylic acids is 1. The molecule has 0 aromatic carbocycles. The zero-order chi connectivity index (χ0) is 14.8. The first kappa shape index (κ1) is 13.8. The molecule has 1 saturated heterocycles. The van der Waals surface area contributed by atoms with Gasteiger partial charge in [0.25, 0.3) is 5.91 Å². The Labute approximate surface area is 123 Å². The zero-order valence-electron chi connectivity index (χ0n) is 12.2. The second kappa shape index (κ2) is 5.65. The summed E-state index contributed by atoms with van der Waals surface area (Å²) in [5.74, 6) is -0.0239. The molecule has 2 unspecified atom stereocenters. The van der Waals surface area contributed by atoms with Crippen molar-refractivity contribution in [2.24, 2.45) is 0 Å². The maximum absolute atomic E-state index is 12.6. The predicted molar refractivity (Wildman–Crippen MR) is 79.3 cm³/mol.